The van der Waals surface area contributed by atoms with E-state index in [4.69, 9.17) is 0 Å². The molecule has 5 nitrogen and oxygen atoms in total. The standard InChI is InChI=1S/C20H16N2O3/c1-2-12-21-16(13-8-4-3-5-9-13)17(20(21)25)22-18(23)14-10-6-7-11-15(14)19(22)24/h2-11,16-17H,1,12H2/t16-,17+/m0/s1. The van der Waals surface area contributed by atoms with Crippen molar-refractivity contribution in [1.29, 1.82) is 0 Å². The van der Waals surface area contributed by atoms with E-state index in [1.165, 1.54) is 0 Å². The molecule has 0 saturated carbocycles. The van der Waals surface area contributed by atoms with Crippen LogP contribution in [0.25, 0.3) is 0 Å². The third-order valence-electron chi connectivity index (χ3n) is 4.74. The van der Waals surface area contributed by atoms with Gasteiger partial charge in [-0.1, -0.05) is 48.5 Å². The number of rotatable bonds is 4. The fraction of sp³-hybridized carbons (Fsp3) is 0.150. The van der Waals surface area contributed by atoms with Gasteiger partial charge in [0.2, 0.25) is 5.91 Å². The minimum atomic E-state index is -0.810. The van der Waals surface area contributed by atoms with Gasteiger partial charge in [-0.2, -0.15) is 0 Å². The molecule has 0 spiro atoms. The van der Waals surface area contributed by atoms with Crippen LogP contribution in [0.2, 0.25) is 0 Å². The summed E-state index contributed by atoms with van der Waals surface area (Å²) >= 11 is 0. The average Bonchev–Trinajstić information content (AvgIpc) is 2.89. The highest BCUT2D eigenvalue weighted by Gasteiger charge is 2.56. The van der Waals surface area contributed by atoms with Crippen LogP contribution in [0.15, 0.2) is 67.3 Å². The smallest absolute Gasteiger partial charge is 0.262 e. The molecule has 2 aromatic rings. The number of likely N-dealkylation sites (tertiary alicyclic amines) is 1. The van der Waals surface area contributed by atoms with Gasteiger partial charge in [0.1, 0.15) is 6.04 Å². The molecule has 0 aromatic heterocycles. The zero-order valence-electron chi connectivity index (χ0n) is 13.5. The van der Waals surface area contributed by atoms with E-state index in [1.54, 1.807) is 35.2 Å². The van der Waals surface area contributed by atoms with E-state index < -0.39 is 17.9 Å². The molecule has 0 N–H and O–H groups in total. The quantitative estimate of drug-likeness (QED) is 0.491. The van der Waals surface area contributed by atoms with Crippen molar-refractivity contribution in [1.82, 2.24) is 9.80 Å². The molecule has 2 atom stereocenters. The molecule has 4 rings (SSSR count). The molecular formula is C20H16N2O3. The third kappa shape index (κ3) is 2.12. The van der Waals surface area contributed by atoms with E-state index in [1.807, 2.05) is 30.3 Å². The van der Waals surface area contributed by atoms with Crippen LogP contribution >= 0.6 is 0 Å². The Hall–Kier alpha value is -3.21. The molecule has 2 aliphatic rings. The Morgan fingerprint density at radius 2 is 1.40 bits per heavy atom. The summed E-state index contributed by atoms with van der Waals surface area (Å²) in [5, 5.41) is 0. The first kappa shape index (κ1) is 15.3. The van der Waals surface area contributed by atoms with Gasteiger partial charge in [-0.25, -0.2) is 0 Å². The van der Waals surface area contributed by atoms with E-state index in [0.29, 0.717) is 17.7 Å². The summed E-state index contributed by atoms with van der Waals surface area (Å²) < 4.78 is 0. The Balaban J connectivity index is 1.74. The number of hydrogen-bond donors (Lipinski definition) is 0. The fourth-order valence-electron chi connectivity index (χ4n) is 3.60. The van der Waals surface area contributed by atoms with Crippen LogP contribution in [0.5, 0.6) is 0 Å². The summed E-state index contributed by atoms with van der Waals surface area (Å²) in [6, 6.07) is 15.0. The second kappa shape index (κ2) is 5.70. The van der Waals surface area contributed by atoms with Gasteiger partial charge in [0, 0.05) is 6.54 Å². The molecule has 0 aliphatic carbocycles. The number of carbonyl (C=O) groups excluding carboxylic acids is 3. The molecular weight excluding hydrogens is 316 g/mol. The molecule has 1 fully saturated rings. The van der Waals surface area contributed by atoms with Crippen molar-refractivity contribution in [2.24, 2.45) is 0 Å². The van der Waals surface area contributed by atoms with Gasteiger partial charge >= 0.3 is 0 Å². The first-order valence-corrected chi connectivity index (χ1v) is 8.08. The monoisotopic (exact) mass is 332 g/mol. The summed E-state index contributed by atoms with van der Waals surface area (Å²) in [6.07, 6.45) is 1.65. The van der Waals surface area contributed by atoms with Crippen molar-refractivity contribution < 1.29 is 14.4 Å². The molecule has 3 amide bonds. The highest BCUT2D eigenvalue weighted by Crippen LogP contribution is 2.41. The fourth-order valence-corrected chi connectivity index (χ4v) is 3.60. The lowest BCUT2D eigenvalue weighted by Gasteiger charge is -2.49. The summed E-state index contributed by atoms with van der Waals surface area (Å²) in [6.45, 7) is 4.06. The van der Waals surface area contributed by atoms with Crippen molar-refractivity contribution >= 4 is 17.7 Å². The van der Waals surface area contributed by atoms with Crippen molar-refractivity contribution in [2.75, 3.05) is 6.54 Å². The highest BCUT2D eigenvalue weighted by atomic mass is 16.2. The molecule has 5 heteroatoms. The topological polar surface area (TPSA) is 57.7 Å². The maximum absolute atomic E-state index is 12.7. The van der Waals surface area contributed by atoms with Crippen molar-refractivity contribution in [3.63, 3.8) is 0 Å². The van der Waals surface area contributed by atoms with Crippen molar-refractivity contribution in [3.8, 4) is 0 Å². The molecule has 2 aliphatic heterocycles. The number of benzene rings is 2. The van der Waals surface area contributed by atoms with Crippen LogP contribution in [0, 0.1) is 0 Å². The molecule has 0 unspecified atom stereocenters. The number of nitrogens with zero attached hydrogens (tertiary/aromatic N) is 2. The molecule has 1 saturated heterocycles. The predicted molar refractivity (Wildman–Crippen MR) is 91.8 cm³/mol. The molecule has 2 heterocycles. The van der Waals surface area contributed by atoms with Crippen molar-refractivity contribution in [3.05, 3.63) is 83.9 Å². The number of hydrogen-bond acceptors (Lipinski definition) is 3. The summed E-state index contributed by atoms with van der Waals surface area (Å²) in [7, 11) is 0. The zero-order valence-corrected chi connectivity index (χ0v) is 13.5. The van der Waals surface area contributed by atoms with Gasteiger partial charge in [-0.3, -0.25) is 19.3 Å². The molecule has 2 aromatic carbocycles. The Labute approximate surface area is 145 Å². The van der Waals surface area contributed by atoms with E-state index in [9.17, 15) is 14.4 Å². The number of fused-ring (bicyclic) bond motifs is 1. The zero-order chi connectivity index (χ0) is 17.6. The van der Waals surface area contributed by atoms with Crippen LogP contribution in [-0.2, 0) is 4.79 Å². The van der Waals surface area contributed by atoms with Gasteiger partial charge in [0.15, 0.2) is 0 Å². The normalized spacial score (nSPS) is 22.0. The number of carbonyl (C=O) groups is 3. The van der Waals surface area contributed by atoms with E-state index in [0.717, 1.165) is 10.5 Å². The average molecular weight is 332 g/mol. The van der Waals surface area contributed by atoms with Gasteiger partial charge in [-0.15, -0.1) is 6.58 Å². The minimum Gasteiger partial charge on any atom is -0.327 e. The largest absolute Gasteiger partial charge is 0.327 e. The van der Waals surface area contributed by atoms with Gasteiger partial charge < -0.3 is 4.90 Å². The third-order valence-corrected chi connectivity index (χ3v) is 4.74. The summed E-state index contributed by atoms with van der Waals surface area (Å²) in [4.78, 5) is 40.9. The Morgan fingerprint density at radius 1 is 0.840 bits per heavy atom. The molecule has 124 valence electrons. The summed E-state index contributed by atoms with van der Waals surface area (Å²) in [5.74, 6) is -1.04. The minimum absolute atomic E-state index is 0.233. The number of β-lactam (4-membered cyclic amide) rings is 1. The van der Waals surface area contributed by atoms with E-state index in [-0.39, 0.29) is 11.9 Å². The molecule has 0 radical (unpaired) electrons. The van der Waals surface area contributed by atoms with Gasteiger partial charge in [-0.05, 0) is 17.7 Å². The number of imide groups is 1. The Morgan fingerprint density at radius 3 is 1.96 bits per heavy atom. The van der Waals surface area contributed by atoms with Crippen molar-refractivity contribution in [2.45, 2.75) is 12.1 Å². The van der Waals surface area contributed by atoms with Gasteiger partial charge in [0.25, 0.3) is 11.8 Å². The second-order valence-corrected chi connectivity index (χ2v) is 6.11. The van der Waals surface area contributed by atoms with Crippen LogP contribution < -0.4 is 0 Å². The van der Waals surface area contributed by atoms with Crippen LogP contribution in [-0.4, -0.2) is 40.1 Å². The lowest BCUT2D eigenvalue weighted by Crippen LogP contribution is -2.66. The number of amides is 3. The first-order valence-electron chi connectivity index (χ1n) is 8.08. The SMILES string of the molecule is C=CCN1C(=O)[C@H](N2C(=O)c3ccccc3C2=O)[C@@H]1c1ccccc1. The molecule has 25 heavy (non-hydrogen) atoms. The molecule has 0 bridgehead atoms. The van der Waals surface area contributed by atoms with Crippen LogP contribution in [0.1, 0.15) is 32.3 Å². The maximum Gasteiger partial charge on any atom is 0.262 e. The van der Waals surface area contributed by atoms with Crippen LogP contribution in [0.4, 0.5) is 0 Å². The van der Waals surface area contributed by atoms with E-state index >= 15 is 0 Å². The Kier molecular flexibility index (Phi) is 3.50. The van der Waals surface area contributed by atoms with Gasteiger partial charge in [0.05, 0.1) is 17.2 Å². The maximum atomic E-state index is 12.7. The Bertz CT molecular complexity index is 856. The highest BCUT2D eigenvalue weighted by molar-refractivity contribution is 6.23. The van der Waals surface area contributed by atoms with E-state index in [2.05, 4.69) is 6.58 Å². The predicted octanol–water partition coefficient (Wildman–Crippen LogP) is 2.42. The van der Waals surface area contributed by atoms with Crippen LogP contribution in [0.3, 0.4) is 0 Å². The first-order chi connectivity index (χ1) is 12.1. The lowest BCUT2D eigenvalue weighted by atomic mass is 9.87. The lowest BCUT2D eigenvalue weighted by molar-refractivity contribution is -0.155. The second-order valence-electron chi connectivity index (χ2n) is 6.11. The summed E-state index contributed by atoms with van der Waals surface area (Å²) in [5.41, 5.74) is 1.61.